The van der Waals surface area contributed by atoms with E-state index >= 15 is 0 Å². The van der Waals surface area contributed by atoms with Crippen LogP contribution in [0.5, 0.6) is 0 Å². The maximum absolute atomic E-state index is 13.6. The van der Waals surface area contributed by atoms with Gasteiger partial charge < -0.3 is 20.9 Å². The summed E-state index contributed by atoms with van der Waals surface area (Å²) in [5.74, 6) is -1.03. The molecule has 2 amide bonds. The van der Waals surface area contributed by atoms with Gasteiger partial charge in [0, 0.05) is 43.0 Å². The maximum atomic E-state index is 13.6. The maximum Gasteiger partial charge on any atom is 0.276 e. The second-order valence-electron chi connectivity index (χ2n) is 9.91. The van der Waals surface area contributed by atoms with Crippen LogP contribution in [0.25, 0.3) is 16.9 Å². The fraction of sp³-hybridized carbons (Fsp3) is 0.250. The summed E-state index contributed by atoms with van der Waals surface area (Å²) in [4.78, 5) is 38.6. The highest BCUT2D eigenvalue weighted by molar-refractivity contribution is 6.34. The predicted molar refractivity (Wildman–Crippen MR) is 150 cm³/mol. The molecule has 4 aromatic rings. The number of carbonyl (C=O) groups excluding carboxylic acids is 2. The first-order valence-electron chi connectivity index (χ1n) is 12.9. The van der Waals surface area contributed by atoms with Crippen LogP contribution >= 0.6 is 11.6 Å². The quantitative estimate of drug-likeness (QED) is 0.384. The molecule has 12 heteroatoms. The number of nitrogens with two attached hydrogens (primary N) is 1. The topological polar surface area (TPSA) is 122 Å². The predicted octanol–water partition coefficient (Wildman–Crippen LogP) is 3.32. The number of amides is 2. The summed E-state index contributed by atoms with van der Waals surface area (Å²) in [6.07, 6.45) is 2.68. The fourth-order valence-corrected chi connectivity index (χ4v) is 5.33. The second-order valence-corrected chi connectivity index (χ2v) is 10.3. The summed E-state index contributed by atoms with van der Waals surface area (Å²) in [5.41, 5.74) is 10.2. The molecule has 1 saturated heterocycles. The van der Waals surface area contributed by atoms with Crippen LogP contribution in [0.4, 0.5) is 16.0 Å². The van der Waals surface area contributed by atoms with Gasteiger partial charge in [-0.3, -0.25) is 9.59 Å². The highest BCUT2D eigenvalue weighted by Crippen LogP contribution is 2.38. The second kappa shape index (κ2) is 10.3. The summed E-state index contributed by atoms with van der Waals surface area (Å²) in [7, 11) is 2.06. The van der Waals surface area contributed by atoms with Gasteiger partial charge in [-0.15, -0.1) is 0 Å². The third-order valence-electron chi connectivity index (χ3n) is 7.29. The number of primary amides is 1. The summed E-state index contributed by atoms with van der Waals surface area (Å²) >= 11 is 6.34. The first kappa shape index (κ1) is 25.9. The summed E-state index contributed by atoms with van der Waals surface area (Å²) < 4.78 is 15.2. The van der Waals surface area contributed by atoms with E-state index in [-0.39, 0.29) is 22.2 Å². The van der Waals surface area contributed by atoms with Crippen molar-refractivity contribution in [2.24, 2.45) is 5.73 Å². The van der Waals surface area contributed by atoms with Crippen LogP contribution < -0.4 is 16.0 Å². The molecular weight excluding hydrogens is 535 g/mol. The van der Waals surface area contributed by atoms with Crippen molar-refractivity contribution in [1.29, 1.82) is 0 Å². The highest BCUT2D eigenvalue weighted by atomic mass is 35.5. The Kier molecular flexibility index (Phi) is 6.68. The van der Waals surface area contributed by atoms with Gasteiger partial charge in [0.25, 0.3) is 11.8 Å². The normalized spacial score (nSPS) is 14.9. The SMILES string of the molecule is CN1CCN(c2ncc(Cl)c(C(=O)Nc3ccc4c(c3)-c3c(c(C(N)=O)nn3-c3ccc(F)cc3)CC4)n2)CC1. The zero-order valence-corrected chi connectivity index (χ0v) is 22.5. The lowest BCUT2D eigenvalue weighted by Crippen LogP contribution is -2.45. The standard InChI is InChI=1S/C28H26ClFN8O2/c1-36-10-12-37(13-11-36)28-32-15-22(29)24(34-28)27(40)33-18-6-2-16-3-9-20-23(26(31)39)35-38(25(20)21(16)14-18)19-7-4-17(30)5-8-19/h2,4-8,14-15H,3,9-13H2,1H3,(H2,31,39)(H,33,40). The van der Waals surface area contributed by atoms with E-state index in [0.717, 1.165) is 37.3 Å². The Morgan fingerprint density at radius 3 is 2.50 bits per heavy atom. The molecule has 10 nitrogen and oxygen atoms in total. The number of hydrogen-bond donors (Lipinski definition) is 2. The van der Waals surface area contributed by atoms with Gasteiger partial charge in [0.05, 0.1) is 22.6 Å². The Balaban J connectivity index is 1.34. The average Bonchev–Trinajstić information content (AvgIpc) is 3.35. The van der Waals surface area contributed by atoms with E-state index in [9.17, 15) is 14.0 Å². The van der Waals surface area contributed by atoms with Gasteiger partial charge in [0.2, 0.25) is 5.95 Å². The molecule has 0 radical (unpaired) electrons. The Hall–Kier alpha value is -4.35. The van der Waals surface area contributed by atoms with E-state index in [1.54, 1.807) is 16.8 Å². The molecule has 204 valence electrons. The third-order valence-corrected chi connectivity index (χ3v) is 7.56. The van der Waals surface area contributed by atoms with Crippen LogP contribution in [-0.4, -0.2) is 69.7 Å². The average molecular weight is 561 g/mol. The zero-order chi connectivity index (χ0) is 28.0. The lowest BCUT2D eigenvalue weighted by Gasteiger charge is -2.32. The minimum absolute atomic E-state index is 0.0800. The first-order valence-corrected chi connectivity index (χ1v) is 13.2. The zero-order valence-electron chi connectivity index (χ0n) is 21.7. The summed E-state index contributed by atoms with van der Waals surface area (Å²) in [6, 6.07) is 11.4. The molecule has 6 rings (SSSR count). The van der Waals surface area contributed by atoms with Crippen molar-refractivity contribution < 1.29 is 14.0 Å². The van der Waals surface area contributed by atoms with Gasteiger partial charge in [-0.2, -0.15) is 5.10 Å². The van der Waals surface area contributed by atoms with Gasteiger partial charge in [-0.25, -0.2) is 19.0 Å². The summed E-state index contributed by atoms with van der Waals surface area (Å²) in [5, 5.41) is 7.54. The Bertz CT molecular complexity index is 1630. The minimum atomic E-state index is -0.639. The molecule has 1 aliphatic heterocycles. The molecule has 1 fully saturated rings. The van der Waals surface area contributed by atoms with Gasteiger partial charge in [0.1, 0.15) is 5.82 Å². The number of piperazine rings is 1. The number of nitrogens with zero attached hydrogens (tertiary/aromatic N) is 6. The number of nitrogens with one attached hydrogen (secondary N) is 1. The number of halogens is 2. The van der Waals surface area contributed by atoms with Crippen molar-refractivity contribution in [1.82, 2.24) is 24.6 Å². The Labute approximate surface area is 234 Å². The molecule has 2 aromatic carbocycles. The molecule has 0 bridgehead atoms. The van der Waals surface area contributed by atoms with Crippen LogP contribution in [0, 0.1) is 5.82 Å². The van der Waals surface area contributed by atoms with Gasteiger partial charge in [-0.1, -0.05) is 17.7 Å². The number of likely N-dealkylation sites (N-methyl/N-ethyl adjacent to an activating group) is 1. The lowest BCUT2D eigenvalue weighted by molar-refractivity contribution is 0.0991. The van der Waals surface area contributed by atoms with Crippen molar-refractivity contribution in [3.8, 4) is 16.9 Å². The molecule has 0 spiro atoms. The highest BCUT2D eigenvalue weighted by Gasteiger charge is 2.29. The Morgan fingerprint density at radius 1 is 1.02 bits per heavy atom. The molecule has 40 heavy (non-hydrogen) atoms. The van der Waals surface area contributed by atoms with Crippen molar-refractivity contribution in [2.75, 3.05) is 43.4 Å². The van der Waals surface area contributed by atoms with E-state index in [1.165, 1.54) is 18.3 Å². The lowest BCUT2D eigenvalue weighted by atomic mass is 9.88. The van der Waals surface area contributed by atoms with Crippen molar-refractivity contribution >= 4 is 35.1 Å². The molecule has 3 heterocycles. The third kappa shape index (κ3) is 4.78. The molecule has 1 aliphatic carbocycles. The number of aryl methyl sites for hydroxylation is 1. The van der Waals surface area contributed by atoms with E-state index in [0.29, 0.717) is 41.4 Å². The molecular formula is C28H26ClFN8O2. The van der Waals surface area contributed by atoms with E-state index in [2.05, 4.69) is 32.3 Å². The number of carbonyl (C=O) groups is 2. The van der Waals surface area contributed by atoms with Gasteiger partial charge in [0.15, 0.2) is 11.4 Å². The first-order chi connectivity index (χ1) is 19.3. The Morgan fingerprint density at radius 2 is 1.77 bits per heavy atom. The molecule has 0 unspecified atom stereocenters. The molecule has 3 N–H and O–H groups in total. The molecule has 0 saturated carbocycles. The van der Waals surface area contributed by atoms with Gasteiger partial charge >= 0.3 is 0 Å². The number of aromatic nitrogens is 4. The fourth-order valence-electron chi connectivity index (χ4n) is 5.15. The van der Waals surface area contributed by atoms with Crippen LogP contribution in [0.1, 0.15) is 32.1 Å². The van der Waals surface area contributed by atoms with E-state index < -0.39 is 11.8 Å². The van der Waals surface area contributed by atoms with E-state index in [1.807, 2.05) is 23.1 Å². The van der Waals surface area contributed by atoms with Gasteiger partial charge in [-0.05, 0) is 61.9 Å². The molecule has 2 aromatic heterocycles. The van der Waals surface area contributed by atoms with Crippen LogP contribution in [-0.2, 0) is 12.8 Å². The minimum Gasteiger partial charge on any atom is -0.364 e. The van der Waals surface area contributed by atoms with Crippen molar-refractivity contribution in [3.05, 3.63) is 82.0 Å². The van der Waals surface area contributed by atoms with Crippen LogP contribution in [0.2, 0.25) is 5.02 Å². The summed E-state index contributed by atoms with van der Waals surface area (Å²) in [6.45, 7) is 3.25. The molecule has 2 aliphatic rings. The smallest absolute Gasteiger partial charge is 0.276 e. The number of fused-ring (bicyclic) bond motifs is 3. The number of hydrogen-bond acceptors (Lipinski definition) is 7. The largest absolute Gasteiger partial charge is 0.364 e. The van der Waals surface area contributed by atoms with Crippen LogP contribution in [0.15, 0.2) is 48.7 Å². The number of rotatable bonds is 5. The van der Waals surface area contributed by atoms with Crippen molar-refractivity contribution in [3.63, 3.8) is 0 Å². The number of benzene rings is 2. The number of anilines is 2. The van der Waals surface area contributed by atoms with Crippen molar-refractivity contribution in [2.45, 2.75) is 12.8 Å². The molecule has 0 atom stereocenters. The monoisotopic (exact) mass is 560 g/mol. The van der Waals surface area contributed by atoms with E-state index in [4.69, 9.17) is 17.3 Å². The van der Waals surface area contributed by atoms with Crippen LogP contribution in [0.3, 0.4) is 0 Å².